The molecule has 0 fully saturated rings. The number of hydrogen-bond acceptors (Lipinski definition) is 1. The average Bonchev–Trinajstić information content (AvgIpc) is 2.49. The van der Waals surface area contributed by atoms with Crippen molar-refractivity contribution in [2.24, 2.45) is 0 Å². The summed E-state index contributed by atoms with van der Waals surface area (Å²) in [7, 11) is 2.02. The molecule has 0 amide bonds. The van der Waals surface area contributed by atoms with Gasteiger partial charge in [-0.25, -0.2) is 0 Å². The highest BCUT2D eigenvalue weighted by molar-refractivity contribution is 5.64. The highest BCUT2D eigenvalue weighted by atomic mass is 14.9. The van der Waals surface area contributed by atoms with Crippen molar-refractivity contribution in [3.8, 4) is 11.1 Å². The number of aryl methyl sites for hydroxylation is 1. The van der Waals surface area contributed by atoms with Crippen molar-refractivity contribution >= 4 is 0 Å². The molecule has 0 aliphatic carbocycles. The van der Waals surface area contributed by atoms with Crippen molar-refractivity contribution in [3.63, 3.8) is 0 Å². The summed E-state index contributed by atoms with van der Waals surface area (Å²) in [6.07, 6.45) is 2.21. The van der Waals surface area contributed by atoms with Gasteiger partial charge < -0.3 is 5.32 Å². The standard InChI is InChI=1S/C18H23N/c1-4-14-6-8-15(9-7-14)16-10-12-17(13-11-16)18(5-2)19-3/h6-13,18-19H,4-5H2,1-3H3. The molecule has 0 saturated heterocycles. The number of benzene rings is 2. The Morgan fingerprint density at radius 3 is 1.79 bits per heavy atom. The summed E-state index contributed by atoms with van der Waals surface area (Å²) in [6.45, 7) is 4.39. The van der Waals surface area contributed by atoms with Gasteiger partial charge in [0.15, 0.2) is 0 Å². The van der Waals surface area contributed by atoms with Gasteiger partial charge in [0.2, 0.25) is 0 Å². The molecule has 0 spiro atoms. The Kier molecular flexibility index (Phi) is 4.75. The van der Waals surface area contributed by atoms with Gasteiger partial charge in [0.25, 0.3) is 0 Å². The number of nitrogens with one attached hydrogen (secondary N) is 1. The van der Waals surface area contributed by atoms with E-state index in [9.17, 15) is 0 Å². The quantitative estimate of drug-likeness (QED) is 0.822. The second-order valence-corrected chi connectivity index (χ2v) is 4.92. The number of hydrogen-bond donors (Lipinski definition) is 1. The zero-order valence-corrected chi connectivity index (χ0v) is 12.1. The van der Waals surface area contributed by atoms with Gasteiger partial charge in [-0.2, -0.15) is 0 Å². The molecule has 0 heterocycles. The van der Waals surface area contributed by atoms with Gasteiger partial charge in [-0.15, -0.1) is 0 Å². The molecule has 0 aromatic heterocycles. The van der Waals surface area contributed by atoms with Gasteiger partial charge in [-0.05, 0) is 42.1 Å². The van der Waals surface area contributed by atoms with Crippen LogP contribution in [0.4, 0.5) is 0 Å². The molecular weight excluding hydrogens is 230 g/mol. The lowest BCUT2D eigenvalue weighted by Crippen LogP contribution is -2.14. The minimum absolute atomic E-state index is 0.455. The molecule has 1 nitrogen and oxygen atoms in total. The molecule has 1 unspecified atom stereocenters. The monoisotopic (exact) mass is 253 g/mol. The van der Waals surface area contributed by atoms with Gasteiger partial charge in [0.1, 0.15) is 0 Å². The molecule has 19 heavy (non-hydrogen) atoms. The fourth-order valence-electron chi connectivity index (χ4n) is 2.45. The Hall–Kier alpha value is -1.60. The van der Waals surface area contributed by atoms with Crippen LogP contribution in [0.5, 0.6) is 0 Å². The first-order valence-electron chi connectivity index (χ1n) is 7.15. The van der Waals surface area contributed by atoms with E-state index in [-0.39, 0.29) is 0 Å². The van der Waals surface area contributed by atoms with Crippen molar-refractivity contribution in [2.75, 3.05) is 7.05 Å². The summed E-state index contributed by atoms with van der Waals surface area (Å²) in [4.78, 5) is 0. The molecule has 0 saturated carbocycles. The predicted octanol–water partition coefficient (Wildman–Crippen LogP) is 4.59. The second kappa shape index (κ2) is 6.53. The van der Waals surface area contributed by atoms with Crippen molar-refractivity contribution in [1.29, 1.82) is 0 Å². The van der Waals surface area contributed by atoms with Crippen LogP contribution in [0, 0.1) is 0 Å². The lowest BCUT2D eigenvalue weighted by atomic mass is 9.99. The van der Waals surface area contributed by atoms with Crippen molar-refractivity contribution in [2.45, 2.75) is 32.7 Å². The van der Waals surface area contributed by atoms with E-state index >= 15 is 0 Å². The van der Waals surface area contributed by atoms with Gasteiger partial charge in [-0.1, -0.05) is 62.4 Å². The molecule has 2 rings (SSSR count). The van der Waals surface area contributed by atoms with Crippen LogP contribution in [0.2, 0.25) is 0 Å². The summed E-state index contributed by atoms with van der Waals surface area (Å²) in [5.41, 5.74) is 5.33. The van der Waals surface area contributed by atoms with Crippen LogP contribution >= 0.6 is 0 Å². The Labute approximate surface area is 116 Å². The molecule has 0 radical (unpaired) electrons. The van der Waals surface area contributed by atoms with Crippen LogP contribution < -0.4 is 5.32 Å². The molecule has 0 aliphatic heterocycles. The highest BCUT2D eigenvalue weighted by Gasteiger charge is 2.06. The first-order chi connectivity index (χ1) is 9.28. The van der Waals surface area contributed by atoms with E-state index in [2.05, 4.69) is 67.7 Å². The predicted molar refractivity (Wildman–Crippen MR) is 83.3 cm³/mol. The molecule has 100 valence electrons. The zero-order chi connectivity index (χ0) is 13.7. The van der Waals surface area contributed by atoms with E-state index < -0.39 is 0 Å². The molecule has 0 aliphatic rings. The SMILES string of the molecule is CCc1ccc(-c2ccc(C(CC)NC)cc2)cc1. The van der Waals surface area contributed by atoms with Crippen LogP contribution in [-0.2, 0) is 6.42 Å². The molecule has 1 N–H and O–H groups in total. The third-order valence-electron chi connectivity index (χ3n) is 3.77. The van der Waals surface area contributed by atoms with Crippen LogP contribution in [0.25, 0.3) is 11.1 Å². The molecule has 1 heteroatoms. The average molecular weight is 253 g/mol. The maximum Gasteiger partial charge on any atom is 0.0314 e. The fraction of sp³-hybridized carbons (Fsp3) is 0.333. The maximum atomic E-state index is 3.34. The largest absolute Gasteiger partial charge is 0.313 e. The third kappa shape index (κ3) is 3.24. The Bertz CT molecular complexity index is 492. The topological polar surface area (TPSA) is 12.0 Å². The first-order valence-corrected chi connectivity index (χ1v) is 7.15. The Morgan fingerprint density at radius 2 is 1.37 bits per heavy atom. The van der Waals surface area contributed by atoms with E-state index in [1.54, 1.807) is 0 Å². The molecule has 2 aromatic carbocycles. The minimum atomic E-state index is 0.455. The van der Waals surface area contributed by atoms with Crippen LogP contribution in [0.15, 0.2) is 48.5 Å². The van der Waals surface area contributed by atoms with E-state index in [0.717, 1.165) is 12.8 Å². The van der Waals surface area contributed by atoms with Crippen molar-refractivity contribution in [1.82, 2.24) is 5.32 Å². The number of rotatable bonds is 5. The fourth-order valence-corrected chi connectivity index (χ4v) is 2.45. The van der Waals surface area contributed by atoms with Crippen LogP contribution in [0.1, 0.15) is 37.4 Å². The maximum absolute atomic E-state index is 3.34. The second-order valence-electron chi connectivity index (χ2n) is 4.92. The van der Waals surface area contributed by atoms with Gasteiger partial charge >= 0.3 is 0 Å². The van der Waals surface area contributed by atoms with Gasteiger partial charge in [0.05, 0.1) is 0 Å². The summed E-state index contributed by atoms with van der Waals surface area (Å²) in [6, 6.07) is 18.2. The summed E-state index contributed by atoms with van der Waals surface area (Å²) < 4.78 is 0. The minimum Gasteiger partial charge on any atom is -0.313 e. The Morgan fingerprint density at radius 1 is 0.842 bits per heavy atom. The molecule has 2 aromatic rings. The lowest BCUT2D eigenvalue weighted by Gasteiger charge is -2.14. The molecular formula is C18H23N. The van der Waals surface area contributed by atoms with Crippen LogP contribution in [0.3, 0.4) is 0 Å². The van der Waals surface area contributed by atoms with E-state index in [1.807, 2.05) is 7.05 Å². The molecule has 1 atom stereocenters. The van der Waals surface area contributed by atoms with Crippen molar-refractivity contribution < 1.29 is 0 Å². The summed E-state index contributed by atoms with van der Waals surface area (Å²) in [5, 5.41) is 3.34. The van der Waals surface area contributed by atoms with Crippen LogP contribution in [-0.4, -0.2) is 7.05 Å². The van der Waals surface area contributed by atoms with E-state index in [1.165, 1.54) is 22.3 Å². The smallest absolute Gasteiger partial charge is 0.0314 e. The lowest BCUT2D eigenvalue weighted by molar-refractivity contribution is 0.577. The first kappa shape index (κ1) is 13.8. The third-order valence-corrected chi connectivity index (χ3v) is 3.77. The molecule has 0 bridgehead atoms. The van der Waals surface area contributed by atoms with E-state index in [0.29, 0.717) is 6.04 Å². The zero-order valence-electron chi connectivity index (χ0n) is 12.1. The normalized spacial score (nSPS) is 12.4. The Balaban J connectivity index is 2.21. The highest BCUT2D eigenvalue weighted by Crippen LogP contribution is 2.23. The van der Waals surface area contributed by atoms with E-state index in [4.69, 9.17) is 0 Å². The summed E-state index contributed by atoms with van der Waals surface area (Å²) >= 11 is 0. The van der Waals surface area contributed by atoms with Crippen molar-refractivity contribution in [3.05, 3.63) is 59.7 Å². The van der Waals surface area contributed by atoms with Gasteiger partial charge in [0, 0.05) is 6.04 Å². The summed E-state index contributed by atoms with van der Waals surface area (Å²) in [5.74, 6) is 0. The van der Waals surface area contributed by atoms with Gasteiger partial charge in [-0.3, -0.25) is 0 Å².